The first-order valence-corrected chi connectivity index (χ1v) is 9.14. The monoisotopic (exact) mass is 433 g/mol. The van der Waals surface area contributed by atoms with Crippen molar-refractivity contribution in [3.05, 3.63) is 42.4 Å². The van der Waals surface area contributed by atoms with Gasteiger partial charge in [0.15, 0.2) is 0 Å². The third kappa shape index (κ3) is 5.40. The van der Waals surface area contributed by atoms with Crippen LogP contribution in [0.4, 0.5) is 19.0 Å². The Morgan fingerprint density at radius 3 is 2.52 bits per heavy atom. The van der Waals surface area contributed by atoms with Crippen LogP contribution in [0.3, 0.4) is 0 Å². The number of pyridine rings is 1. The third-order valence-corrected chi connectivity index (χ3v) is 4.46. The van der Waals surface area contributed by atoms with Gasteiger partial charge in [-0.25, -0.2) is 4.79 Å². The number of piperazine rings is 1. The van der Waals surface area contributed by atoms with Gasteiger partial charge in [-0.05, 0) is 18.2 Å². The molecule has 0 unspecified atom stereocenters. The number of aliphatic carboxylic acids is 1. The average molecular weight is 433 g/mol. The van der Waals surface area contributed by atoms with Crippen LogP contribution in [0.5, 0.6) is 0 Å². The second-order valence-electron chi connectivity index (χ2n) is 6.51. The van der Waals surface area contributed by atoms with Crippen molar-refractivity contribution >= 4 is 11.8 Å². The molecular weight excluding hydrogens is 415 g/mol. The van der Waals surface area contributed by atoms with E-state index in [1.165, 1.54) is 0 Å². The lowest BCUT2D eigenvalue weighted by Gasteiger charge is -2.28. The van der Waals surface area contributed by atoms with Gasteiger partial charge >= 0.3 is 12.1 Å². The van der Waals surface area contributed by atoms with Crippen molar-refractivity contribution in [2.24, 2.45) is 0 Å². The maximum Gasteiger partial charge on any atom is 0.490 e. The summed E-state index contributed by atoms with van der Waals surface area (Å²) < 4.78 is 31.7. The lowest BCUT2D eigenvalue weighted by molar-refractivity contribution is -0.192. The number of carbonyl (C=O) groups is 1. The molecule has 31 heavy (non-hydrogen) atoms. The minimum Gasteiger partial charge on any atom is -0.475 e. The zero-order chi connectivity index (χ0) is 22.4. The standard InChI is InChI=1S/C17H17N7.C2HF3O2/c18-9-13-8-16(23-17(13)24-5-3-19-4-6-24)12-1-2-20-15(7-12)14-10-21-22-11-14;3-2(4,5)1(6)7/h1-2,7-8,10-11,19,23H,3-6H2,(H,21,22);(H,6,7). The summed E-state index contributed by atoms with van der Waals surface area (Å²) in [6.07, 6.45) is 0.246. The Bertz CT molecular complexity index is 1070. The Morgan fingerprint density at radius 2 is 1.94 bits per heavy atom. The number of nitrogens with zero attached hydrogens (tertiary/aromatic N) is 4. The minimum atomic E-state index is -5.08. The van der Waals surface area contributed by atoms with Crippen molar-refractivity contribution in [2.75, 3.05) is 31.1 Å². The molecule has 0 atom stereocenters. The smallest absolute Gasteiger partial charge is 0.475 e. The molecule has 0 bridgehead atoms. The molecule has 0 saturated carbocycles. The van der Waals surface area contributed by atoms with Crippen molar-refractivity contribution in [1.82, 2.24) is 25.5 Å². The van der Waals surface area contributed by atoms with Crippen molar-refractivity contribution < 1.29 is 23.1 Å². The van der Waals surface area contributed by atoms with Crippen LogP contribution in [0.1, 0.15) is 5.56 Å². The van der Waals surface area contributed by atoms with Gasteiger partial charge in [0.2, 0.25) is 0 Å². The number of aromatic amines is 2. The number of halogens is 3. The maximum absolute atomic E-state index is 10.6. The molecule has 4 heterocycles. The fraction of sp³-hybridized carbons (Fsp3) is 0.263. The Balaban J connectivity index is 0.000000339. The lowest BCUT2D eigenvalue weighted by atomic mass is 10.1. The summed E-state index contributed by atoms with van der Waals surface area (Å²) >= 11 is 0. The molecule has 0 radical (unpaired) electrons. The van der Waals surface area contributed by atoms with Crippen LogP contribution in [0.2, 0.25) is 0 Å². The molecule has 1 aliphatic heterocycles. The highest BCUT2D eigenvalue weighted by Gasteiger charge is 2.38. The quantitative estimate of drug-likeness (QED) is 0.498. The molecule has 3 aromatic rings. The molecule has 1 saturated heterocycles. The summed E-state index contributed by atoms with van der Waals surface area (Å²) in [5.41, 5.74) is 4.38. The number of alkyl halides is 3. The molecule has 162 valence electrons. The summed E-state index contributed by atoms with van der Waals surface area (Å²) in [6, 6.07) is 8.15. The number of H-pyrrole nitrogens is 2. The number of rotatable bonds is 3. The SMILES string of the molecule is N#Cc1cc(-c2ccnc(-c3cn[nH]c3)c2)[nH]c1N1CCNCC1.O=C(O)C(F)(F)F. The first-order valence-electron chi connectivity index (χ1n) is 9.14. The number of nitrogens with one attached hydrogen (secondary N) is 3. The molecular formula is C19H18F3N7O2. The van der Waals surface area contributed by atoms with E-state index in [2.05, 4.69) is 36.5 Å². The lowest BCUT2D eigenvalue weighted by Crippen LogP contribution is -2.44. The second kappa shape index (κ2) is 9.31. The van der Waals surface area contributed by atoms with E-state index in [-0.39, 0.29) is 0 Å². The van der Waals surface area contributed by atoms with Crippen molar-refractivity contribution in [1.29, 1.82) is 5.26 Å². The number of hydrogen-bond donors (Lipinski definition) is 4. The number of hydrogen-bond acceptors (Lipinski definition) is 6. The van der Waals surface area contributed by atoms with E-state index in [4.69, 9.17) is 9.90 Å². The Kier molecular flexibility index (Phi) is 6.56. The van der Waals surface area contributed by atoms with Crippen LogP contribution in [0.15, 0.2) is 36.8 Å². The van der Waals surface area contributed by atoms with Crippen LogP contribution < -0.4 is 10.2 Å². The maximum atomic E-state index is 10.6. The van der Waals surface area contributed by atoms with Gasteiger partial charge in [-0.15, -0.1) is 0 Å². The van der Waals surface area contributed by atoms with E-state index in [0.29, 0.717) is 5.56 Å². The molecule has 0 amide bonds. The number of anilines is 1. The van der Waals surface area contributed by atoms with E-state index in [0.717, 1.165) is 54.5 Å². The third-order valence-electron chi connectivity index (χ3n) is 4.46. The van der Waals surface area contributed by atoms with Gasteiger partial charge in [-0.2, -0.15) is 23.5 Å². The van der Waals surface area contributed by atoms with Crippen molar-refractivity contribution in [3.8, 4) is 28.6 Å². The molecule has 0 aliphatic carbocycles. The summed E-state index contributed by atoms with van der Waals surface area (Å²) in [5, 5.41) is 26.7. The fourth-order valence-corrected chi connectivity index (χ4v) is 2.97. The first-order chi connectivity index (χ1) is 14.8. The van der Waals surface area contributed by atoms with Gasteiger partial charge in [-0.1, -0.05) is 0 Å². The van der Waals surface area contributed by atoms with Gasteiger partial charge in [0.05, 0.1) is 17.5 Å². The predicted molar refractivity (Wildman–Crippen MR) is 105 cm³/mol. The number of nitriles is 1. The molecule has 9 nitrogen and oxygen atoms in total. The Hall–Kier alpha value is -3.85. The molecule has 12 heteroatoms. The largest absolute Gasteiger partial charge is 0.490 e. The summed E-state index contributed by atoms with van der Waals surface area (Å²) in [4.78, 5) is 18.9. The van der Waals surface area contributed by atoms with Crippen molar-refractivity contribution in [3.63, 3.8) is 0 Å². The highest BCUT2D eigenvalue weighted by Crippen LogP contribution is 2.29. The molecule has 4 rings (SSSR count). The summed E-state index contributed by atoms with van der Waals surface area (Å²) in [7, 11) is 0. The van der Waals surface area contributed by atoms with Gasteiger partial charge < -0.3 is 20.3 Å². The van der Waals surface area contributed by atoms with E-state index in [1.54, 1.807) is 12.4 Å². The van der Waals surface area contributed by atoms with Gasteiger partial charge in [0, 0.05) is 55.4 Å². The minimum absolute atomic E-state index is 0.675. The summed E-state index contributed by atoms with van der Waals surface area (Å²) in [6.45, 7) is 3.65. The Labute approximate surface area is 174 Å². The number of carboxylic acids is 1. The van der Waals surface area contributed by atoms with Crippen LogP contribution in [0, 0.1) is 11.3 Å². The first kappa shape index (κ1) is 21.8. The molecule has 4 N–H and O–H groups in total. The fourth-order valence-electron chi connectivity index (χ4n) is 2.97. The molecule has 3 aromatic heterocycles. The van der Waals surface area contributed by atoms with E-state index in [1.807, 2.05) is 24.4 Å². The zero-order valence-corrected chi connectivity index (χ0v) is 16.1. The van der Waals surface area contributed by atoms with Crippen molar-refractivity contribution in [2.45, 2.75) is 6.18 Å². The average Bonchev–Trinajstić information content (AvgIpc) is 3.44. The number of carboxylic acid groups (broad SMARTS) is 1. The Morgan fingerprint density at radius 1 is 1.23 bits per heavy atom. The second-order valence-corrected chi connectivity index (χ2v) is 6.51. The zero-order valence-electron chi connectivity index (χ0n) is 16.1. The predicted octanol–water partition coefficient (Wildman–Crippen LogP) is 2.38. The normalized spacial score (nSPS) is 13.8. The van der Waals surface area contributed by atoms with E-state index >= 15 is 0 Å². The topological polar surface area (TPSA) is 134 Å². The molecule has 1 aliphatic rings. The van der Waals surface area contributed by atoms with E-state index in [9.17, 15) is 18.4 Å². The van der Waals surface area contributed by atoms with Crippen LogP contribution >= 0.6 is 0 Å². The van der Waals surface area contributed by atoms with E-state index < -0.39 is 12.1 Å². The molecule has 0 aromatic carbocycles. The van der Waals surface area contributed by atoms with Gasteiger partial charge in [0.1, 0.15) is 11.9 Å². The summed E-state index contributed by atoms with van der Waals surface area (Å²) in [5.74, 6) is -1.86. The van der Waals surface area contributed by atoms with Crippen LogP contribution in [0.25, 0.3) is 22.5 Å². The van der Waals surface area contributed by atoms with Gasteiger partial charge in [0.25, 0.3) is 0 Å². The molecule has 1 fully saturated rings. The van der Waals surface area contributed by atoms with Crippen LogP contribution in [-0.4, -0.2) is 63.6 Å². The molecule has 0 spiro atoms. The highest BCUT2D eigenvalue weighted by atomic mass is 19.4. The number of aromatic nitrogens is 4. The highest BCUT2D eigenvalue weighted by molar-refractivity contribution is 5.73. The van der Waals surface area contributed by atoms with Gasteiger partial charge in [-0.3, -0.25) is 10.1 Å². The van der Waals surface area contributed by atoms with Crippen LogP contribution in [-0.2, 0) is 4.79 Å².